The van der Waals surface area contributed by atoms with Crippen LogP contribution in [0.15, 0.2) is 72.1 Å². The molecule has 1 heterocycles. The van der Waals surface area contributed by atoms with Gasteiger partial charge >= 0.3 is 0 Å². The van der Waals surface area contributed by atoms with Crippen LogP contribution in [0.1, 0.15) is 35.0 Å². The van der Waals surface area contributed by atoms with Crippen molar-refractivity contribution in [2.75, 3.05) is 6.54 Å². The van der Waals surface area contributed by atoms with Crippen LogP contribution in [-0.4, -0.2) is 12.5 Å². The molecule has 0 saturated heterocycles. The van der Waals surface area contributed by atoms with Gasteiger partial charge in [0.15, 0.2) is 0 Å². The molecule has 0 radical (unpaired) electrons. The summed E-state index contributed by atoms with van der Waals surface area (Å²) in [7, 11) is 0. The SMILES string of the molecule is C[C@H](NC(=O)CN[C@H](c1ccccc1)c1cccs1)c1ccc(Cl)cc1. The van der Waals surface area contributed by atoms with Crippen molar-refractivity contribution < 1.29 is 4.79 Å². The lowest BCUT2D eigenvalue weighted by atomic mass is 10.1. The normalized spacial score (nSPS) is 13.2. The van der Waals surface area contributed by atoms with Crippen LogP contribution in [-0.2, 0) is 4.79 Å². The highest BCUT2D eigenvalue weighted by atomic mass is 35.5. The summed E-state index contributed by atoms with van der Waals surface area (Å²) in [5.74, 6) is -0.0371. The zero-order chi connectivity index (χ0) is 18.4. The Labute approximate surface area is 163 Å². The maximum Gasteiger partial charge on any atom is 0.234 e. The third-order valence-electron chi connectivity index (χ3n) is 4.17. The number of carbonyl (C=O) groups excluding carboxylic acids is 1. The molecule has 3 aromatic rings. The Balaban J connectivity index is 1.62. The fraction of sp³-hybridized carbons (Fsp3) is 0.190. The van der Waals surface area contributed by atoms with Gasteiger partial charge in [0, 0.05) is 9.90 Å². The summed E-state index contributed by atoms with van der Waals surface area (Å²) in [5.41, 5.74) is 2.18. The molecule has 0 aliphatic heterocycles. The Kier molecular flexibility index (Phi) is 6.45. The molecule has 3 rings (SSSR count). The molecule has 0 fully saturated rings. The topological polar surface area (TPSA) is 41.1 Å². The van der Waals surface area contributed by atoms with E-state index in [1.165, 1.54) is 4.88 Å². The number of nitrogens with one attached hydrogen (secondary N) is 2. The molecule has 0 saturated carbocycles. The van der Waals surface area contributed by atoms with Crippen molar-refractivity contribution in [3.8, 4) is 0 Å². The molecular formula is C21H21ClN2OS. The van der Waals surface area contributed by atoms with Crippen molar-refractivity contribution >= 4 is 28.8 Å². The van der Waals surface area contributed by atoms with Crippen molar-refractivity contribution in [3.05, 3.63) is 93.1 Å². The van der Waals surface area contributed by atoms with Gasteiger partial charge in [0.25, 0.3) is 0 Å². The fourth-order valence-electron chi connectivity index (χ4n) is 2.81. The summed E-state index contributed by atoms with van der Waals surface area (Å²) in [6, 6.07) is 21.8. The first-order valence-electron chi connectivity index (χ1n) is 8.50. The van der Waals surface area contributed by atoms with Crippen LogP contribution >= 0.6 is 22.9 Å². The van der Waals surface area contributed by atoms with Crippen LogP contribution in [0.25, 0.3) is 0 Å². The Morgan fingerprint density at radius 3 is 2.38 bits per heavy atom. The van der Waals surface area contributed by atoms with Gasteiger partial charge in [0.05, 0.1) is 18.6 Å². The van der Waals surface area contributed by atoms with E-state index in [1.807, 2.05) is 55.5 Å². The molecule has 0 bridgehead atoms. The van der Waals surface area contributed by atoms with Crippen LogP contribution in [0.5, 0.6) is 0 Å². The van der Waals surface area contributed by atoms with E-state index in [1.54, 1.807) is 11.3 Å². The number of carbonyl (C=O) groups is 1. The van der Waals surface area contributed by atoms with Gasteiger partial charge in [-0.15, -0.1) is 11.3 Å². The molecule has 2 N–H and O–H groups in total. The molecule has 2 atom stereocenters. The lowest BCUT2D eigenvalue weighted by Crippen LogP contribution is -2.37. The summed E-state index contributed by atoms with van der Waals surface area (Å²) in [6.07, 6.45) is 0. The molecule has 5 heteroatoms. The smallest absolute Gasteiger partial charge is 0.234 e. The molecule has 3 nitrogen and oxygen atoms in total. The molecule has 1 amide bonds. The van der Waals surface area contributed by atoms with E-state index in [4.69, 9.17) is 11.6 Å². The van der Waals surface area contributed by atoms with Crippen LogP contribution in [0.2, 0.25) is 5.02 Å². The van der Waals surface area contributed by atoms with Crippen LogP contribution in [0, 0.1) is 0 Å². The van der Waals surface area contributed by atoms with Crippen LogP contribution in [0.4, 0.5) is 0 Å². The molecule has 0 spiro atoms. The second-order valence-electron chi connectivity index (χ2n) is 6.08. The first-order valence-corrected chi connectivity index (χ1v) is 9.76. The van der Waals surface area contributed by atoms with Gasteiger partial charge < -0.3 is 5.32 Å². The van der Waals surface area contributed by atoms with E-state index in [-0.39, 0.29) is 24.5 Å². The molecule has 134 valence electrons. The van der Waals surface area contributed by atoms with Crippen molar-refractivity contribution in [2.45, 2.75) is 19.0 Å². The highest BCUT2D eigenvalue weighted by Gasteiger charge is 2.17. The van der Waals surface area contributed by atoms with Crippen molar-refractivity contribution in [1.82, 2.24) is 10.6 Å². The van der Waals surface area contributed by atoms with Gasteiger partial charge in [-0.05, 0) is 41.6 Å². The lowest BCUT2D eigenvalue weighted by Gasteiger charge is -2.19. The molecule has 0 aliphatic rings. The zero-order valence-electron chi connectivity index (χ0n) is 14.5. The molecule has 0 unspecified atom stereocenters. The Hall–Kier alpha value is -2.14. The molecule has 0 aliphatic carbocycles. The number of amides is 1. The fourth-order valence-corrected chi connectivity index (χ4v) is 3.76. The summed E-state index contributed by atoms with van der Waals surface area (Å²) >= 11 is 7.60. The largest absolute Gasteiger partial charge is 0.348 e. The zero-order valence-corrected chi connectivity index (χ0v) is 16.1. The predicted octanol–water partition coefficient (Wildman–Crippen LogP) is 4.96. The number of rotatable bonds is 7. The van der Waals surface area contributed by atoms with Gasteiger partial charge in [-0.1, -0.05) is 60.1 Å². The number of hydrogen-bond donors (Lipinski definition) is 2. The van der Waals surface area contributed by atoms with E-state index in [0.29, 0.717) is 5.02 Å². The van der Waals surface area contributed by atoms with Gasteiger partial charge in [0.1, 0.15) is 0 Å². The minimum Gasteiger partial charge on any atom is -0.348 e. The second kappa shape index (κ2) is 8.99. The average molecular weight is 385 g/mol. The summed E-state index contributed by atoms with van der Waals surface area (Å²) < 4.78 is 0. The van der Waals surface area contributed by atoms with Crippen molar-refractivity contribution in [1.29, 1.82) is 0 Å². The monoisotopic (exact) mass is 384 g/mol. The van der Waals surface area contributed by atoms with E-state index in [2.05, 4.69) is 34.2 Å². The maximum atomic E-state index is 12.4. The van der Waals surface area contributed by atoms with E-state index >= 15 is 0 Å². The van der Waals surface area contributed by atoms with Gasteiger partial charge in [-0.2, -0.15) is 0 Å². The van der Waals surface area contributed by atoms with Crippen LogP contribution < -0.4 is 10.6 Å². The predicted molar refractivity (Wildman–Crippen MR) is 109 cm³/mol. The molecule has 2 aromatic carbocycles. The number of benzene rings is 2. The quantitative estimate of drug-likeness (QED) is 0.604. The average Bonchev–Trinajstić information content (AvgIpc) is 3.17. The summed E-state index contributed by atoms with van der Waals surface area (Å²) in [6.45, 7) is 2.21. The first kappa shape index (κ1) is 18.6. The van der Waals surface area contributed by atoms with Crippen LogP contribution in [0.3, 0.4) is 0 Å². The van der Waals surface area contributed by atoms with Crippen molar-refractivity contribution in [2.24, 2.45) is 0 Å². The van der Waals surface area contributed by atoms with Gasteiger partial charge in [-0.3, -0.25) is 10.1 Å². The van der Waals surface area contributed by atoms with E-state index in [0.717, 1.165) is 11.1 Å². The second-order valence-corrected chi connectivity index (χ2v) is 7.50. The summed E-state index contributed by atoms with van der Waals surface area (Å²) in [5, 5.41) is 9.15. The molecular weight excluding hydrogens is 364 g/mol. The minimum atomic E-state index is -0.0709. The third-order valence-corrected chi connectivity index (χ3v) is 5.36. The highest BCUT2D eigenvalue weighted by molar-refractivity contribution is 7.10. The Morgan fingerprint density at radius 2 is 1.73 bits per heavy atom. The highest BCUT2D eigenvalue weighted by Crippen LogP contribution is 2.25. The Bertz CT molecular complexity index is 819. The molecule has 1 aromatic heterocycles. The molecule has 26 heavy (non-hydrogen) atoms. The standard InChI is InChI=1S/C21H21ClN2OS/c1-15(16-9-11-18(22)12-10-16)24-20(25)14-23-21(19-8-5-13-26-19)17-6-3-2-4-7-17/h2-13,15,21,23H,14H2,1H3,(H,24,25)/t15-,21+/m0/s1. The summed E-state index contributed by atoms with van der Waals surface area (Å²) in [4.78, 5) is 13.6. The van der Waals surface area contributed by atoms with Crippen molar-refractivity contribution in [3.63, 3.8) is 0 Å². The number of hydrogen-bond acceptors (Lipinski definition) is 3. The van der Waals surface area contributed by atoms with E-state index in [9.17, 15) is 4.79 Å². The minimum absolute atomic E-state index is 0.00721. The van der Waals surface area contributed by atoms with E-state index < -0.39 is 0 Å². The lowest BCUT2D eigenvalue weighted by molar-refractivity contribution is -0.121. The maximum absolute atomic E-state index is 12.4. The third kappa shape index (κ3) is 4.94. The number of halogens is 1. The van der Waals surface area contributed by atoms with Gasteiger partial charge in [-0.25, -0.2) is 0 Å². The van der Waals surface area contributed by atoms with Gasteiger partial charge in [0.2, 0.25) is 5.91 Å². The first-order chi connectivity index (χ1) is 12.6. The Morgan fingerprint density at radius 1 is 1.00 bits per heavy atom. The number of thiophene rings is 1.